The van der Waals surface area contributed by atoms with Crippen LogP contribution in [0.1, 0.15) is 20.1 Å². The van der Waals surface area contributed by atoms with Crippen LogP contribution in [0.4, 0.5) is 10.2 Å². The van der Waals surface area contributed by atoms with Gasteiger partial charge in [-0.05, 0) is 28.4 Å². The smallest absolute Gasteiger partial charge is 0.388 e. The molecule has 190 valence electrons. The van der Waals surface area contributed by atoms with Crippen molar-refractivity contribution >= 4 is 48.8 Å². The van der Waals surface area contributed by atoms with Gasteiger partial charge in [0.15, 0.2) is 6.23 Å². The molecule has 0 radical (unpaired) electrons. The van der Waals surface area contributed by atoms with Gasteiger partial charge in [0.2, 0.25) is 0 Å². The van der Waals surface area contributed by atoms with Gasteiger partial charge < -0.3 is 35.2 Å². The highest BCUT2D eigenvalue weighted by atomic mass is 35.5. The zero-order valence-electron chi connectivity index (χ0n) is 16.8. The fourth-order valence-corrected chi connectivity index (χ4v) is 7.58. The van der Waals surface area contributed by atoms with Gasteiger partial charge >= 0.3 is 21.3 Å². The summed E-state index contributed by atoms with van der Waals surface area (Å²) in [5.74, 6) is -0.162. The maximum atomic E-state index is 13.9. The van der Waals surface area contributed by atoms with E-state index >= 15 is 0 Å². The zero-order chi connectivity index (χ0) is 25.6. The molecule has 1 saturated heterocycles. The van der Waals surface area contributed by atoms with Crippen LogP contribution in [0.3, 0.4) is 0 Å². The first-order valence-electron chi connectivity index (χ1n) is 8.55. The number of aromatic nitrogens is 2. The number of phosphoric acid groups is 2. The van der Waals surface area contributed by atoms with E-state index in [1.54, 1.807) is 0 Å². The van der Waals surface area contributed by atoms with Crippen molar-refractivity contribution in [1.29, 1.82) is 0 Å². The predicted octanol–water partition coefficient (Wildman–Crippen LogP) is 0.865. The van der Waals surface area contributed by atoms with Crippen LogP contribution < -0.4 is 11.4 Å². The third-order valence-electron chi connectivity index (χ3n) is 4.23. The minimum absolute atomic E-state index is 0.162. The standard InChI is InChI=1S/C12H21ClFN3O12P4/c1-11(2,27-31(20,21)28-32(22,23)29-33(24,25)30)8-7(18)12(13,5-14)9(26-8)17-4-3-6(15)16-10(17)19/h3-4,7-9,18,24-25,30H,5H2,1-2H3,(H,20,21)(H,22,23)(H2,15,16,19)/t7-,8-,9+,12?/m0/s1. The first-order chi connectivity index (χ1) is 14.7. The molecule has 0 spiro atoms. The molecule has 0 aromatic carbocycles. The lowest BCUT2D eigenvalue weighted by Crippen LogP contribution is -2.50. The van der Waals surface area contributed by atoms with Crippen LogP contribution in [0.15, 0.2) is 17.1 Å². The molecule has 1 aliphatic heterocycles. The van der Waals surface area contributed by atoms with Crippen molar-refractivity contribution in [2.75, 3.05) is 12.4 Å². The third kappa shape index (κ3) is 6.91. The first-order valence-corrected chi connectivity index (χ1v) is 14.9. The van der Waals surface area contributed by atoms with Gasteiger partial charge in [-0.1, -0.05) is 0 Å². The number of alkyl halides is 2. The molecule has 1 aromatic heterocycles. The molecule has 0 aliphatic carbocycles. The Kier molecular flexibility index (Phi) is 8.47. The van der Waals surface area contributed by atoms with Crippen molar-refractivity contribution in [3.63, 3.8) is 0 Å². The Morgan fingerprint density at radius 2 is 1.91 bits per heavy atom. The number of anilines is 1. The van der Waals surface area contributed by atoms with E-state index in [1.807, 2.05) is 0 Å². The Labute approximate surface area is 192 Å². The summed E-state index contributed by atoms with van der Waals surface area (Å²) in [7, 11) is -13.5. The van der Waals surface area contributed by atoms with Crippen molar-refractivity contribution in [3.8, 4) is 0 Å². The topological polar surface area (TPSA) is 233 Å². The van der Waals surface area contributed by atoms with E-state index < -0.39 is 64.2 Å². The number of nitrogens with two attached hydrogens (primary N) is 1. The summed E-state index contributed by atoms with van der Waals surface area (Å²) in [6, 6.07) is 1.17. The van der Waals surface area contributed by atoms with Crippen LogP contribution >= 0.6 is 43.0 Å². The Morgan fingerprint density at radius 1 is 1.33 bits per heavy atom. The van der Waals surface area contributed by atoms with E-state index in [2.05, 4.69) is 22.1 Å². The minimum Gasteiger partial charge on any atom is -0.388 e. The van der Waals surface area contributed by atoms with Gasteiger partial charge in [-0.2, -0.15) is 9.29 Å². The van der Waals surface area contributed by atoms with E-state index in [1.165, 1.54) is 6.07 Å². The van der Waals surface area contributed by atoms with Crippen LogP contribution in [0.5, 0.6) is 0 Å². The Bertz CT molecular complexity index is 1100. The highest BCUT2D eigenvalue weighted by Gasteiger charge is 2.62. The molecule has 33 heavy (non-hydrogen) atoms. The number of hydrogen-bond acceptors (Lipinski definition) is 10. The fraction of sp³-hybridized carbons (Fsp3) is 0.667. The Hall–Kier alpha value is -0.270. The average molecular weight is 578 g/mol. The molecule has 0 saturated carbocycles. The van der Waals surface area contributed by atoms with Gasteiger partial charge in [0.05, 0.1) is 0 Å². The van der Waals surface area contributed by atoms with Crippen molar-refractivity contribution in [2.45, 2.75) is 42.8 Å². The van der Waals surface area contributed by atoms with E-state index in [4.69, 9.17) is 36.4 Å². The number of rotatable bonds is 9. The normalized spacial score (nSPS) is 30.0. The van der Waals surface area contributed by atoms with Gasteiger partial charge in [-0.25, -0.2) is 22.6 Å². The molecule has 2 rings (SSSR count). The van der Waals surface area contributed by atoms with E-state index in [-0.39, 0.29) is 5.82 Å². The molecule has 15 nitrogen and oxygen atoms in total. The van der Waals surface area contributed by atoms with E-state index in [9.17, 15) is 33.2 Å². The minimum atomic E-state index is -5.56. The van der Waals surface area contributed by atoms with Gasteiger partial charge in [-0.15, -0.1) is 11.6 Å². The van der Waals surface area contributed by atoms with E-state index in [0.29, 0.717) is 0 Å². The molecular weight excluding hydrogens is 556 g/mol. The molecule has 2 heterocycles. The molecule has 21 heteroatoms. The lowest BCUT2D eigenvalue weighted by atomic mass is 9.91. The molecule has 7 N–H and O–H groups in total. The molecule has 0 bridgehead atoms. The first kappa shape index (κ1) is 29.0. The number of halogens is 2. The molecular formula is C12H21ClFN3O12P4. The molecule has 6 atom stereocenters. The number of phosphoric ester groups is 1. The molecule has 3 unspecified atom stereocenters. The Morgan fingerprint density at radius 3 is 2.39 bits per heavy atom. The quantitative estimate of drug-likeness (QED) is 0.176. The van der Waals surface area contributed by atoms with Crippen LogP contribution in [0, 0.1) is 0 Å². The second-order valence-corrected chi connectivity index (χ2v) is 14.2. The summed E-state index contributed by atoms with van der Waals surface area (Å²) in [5, 5.41) is 10.7. The number of hydrogen-bond donors (Lipinski definition) is 6. The van der Waals surface area contributed by atoms with Crippen LogP contribution in [0.25, 0.3) is 0 Å². The van der Waals surface area contributed by atoms with Crippen molar-refractivity contribution < 1.29 is 56.1 Å². The van der Waals surface area contributed by atoms with Crippen molar-refractivity contribution in [2.24, 2.45) is 0 Å². The monoisotopic (exact) mass is 577 g/mol. The maximum Gasteiger partial charge on any atom is 0.488 e. The molecule has 1 aromatic rings. The second kappa shape index (κ2) is 9.65. The third-order valence-corrected chi connectivity index (χ3v) is 9.57. The Balaban J connectivity index is 2.34. The van der Waals surface area contributed by atoms with Gasteiger partial charge in [0.1, 0.15) is 35.2 Å². The average Bonchev–Trinajstić information content (AvgIpc) is 2.83. The summed E-state index contributed by atoms with van der Waals surface area (Å²) < 4.78 is 56.9. The van der Waals surface area contributed by atoms with Crippen molar-refractivity contribution in [3.05, 3.63) is 22.7 Å². The number of aliphatic hydroxyl groups is 1. The molecule has 1 aliphatic rings. The summed E-state index contributed by atoms with van der Waals surface area (Å²) in [5.41, 5.74) is 2.30. The van der Waals surface area contributed by atoms with Crippen LogP contribution in [0.2, 0.25) is 0 Å². The van der Waals surface area contributed by atoms with Gasteiger partial charge in [0.25, 0.3) is 7.23 Å². The highest BCUT2D eigenvalue weighted by Crippen LogP contribution is 2.68. The summed E-state index contributed by atoms with van der Waals surface area (Å²) in [4.78, 5) is 50.7. The lowest BCUT2D eigenvalue weighted by Gasteiger charge is -2.34. The van der Waals surface area contributed by atoms with Crippen LogP contribution in [-0.4, -0.2) is 63.6 Å². The summed E-state index contributed by atoms with van der Waals surface area (Å²) in [6.45, 7) is 0.663. The summed E-state index contributed by atoms with van der Waals surface area (Å²) in [6.07, 6.45) is -4.31. The number of nitrogens with zero attached hydrogens (tertiary/aromatic N) is 2. The maximum absolute atomic E-state index is 13.9. The van der Waals surface area contributed by atoms with Crippen LogP contribution in [-0.2, 0) is 27.0 Å². The largest absolute Gasteiger partial charge is 0.488 e. The number of ether oxygens (including phenoxy) is 1. The highest BCUT2D eigenvalue weighted by molar-refractivity contribution is 7.91. The SMILES string of the molecule is CC(C)(OP(=O)(O)OP(=O)(O)OP(O)(O)=P)[C@H]1O[C@@H](n2ccc(N)nc2=O)C(Cl)(CF)[C@H]1O. The predicted molar refractivity (Wildman–Crippen MR) is 114 cm³/mol. The fourth-order valence-electron chi connectivity index (χ4n) is 2.97. The van der Waals surface area contributed by atoms with Gasteiger partial charge in [-0.3, -0.25) is 9.09 Å². The van der Waals surface area contributed by atoms with Crippen molar-refractivity contribution in [1.82, 2.24) is 9.55 Å². The zero-order valence-corrected chi connectivity index (χ0v) is 21.2. The number of aliphatic hydroxyl groups excluding tert-OH is 1. The molecule has 0 amide bonds. The number of nitrogen functional groups attached to an aromatic ring is 1. The van der Waals surface area contributed by atoms with Gasteiger partial charge in [0, 0.05) is 6.20 Å². The second-order valence-electron chi connectivity index (χ2n) is 7.30. The lowest BCUT2D eigenvalue weighted by molar-refractivity contribution is -0.118. The molecule has 1 fully saturated rings. The van der Waals surface area contributed by atoms with E-state index in [0.717, 1.165) is 24.6 Å². The summed E-state index contributed by atoms with van der Waals surface area (Å²) >= 11 is 6.22.